The Morgan fingerprint density at radius 3 is 2.52 bits per heavy atom. The molecule has 1 rings (SSSR count). The van der Waals surface area contributed by atoms with E-state index in [1.807, 2.05) is 0 Å². The van der Waals surface area contributed by atoms with E-state index < -0.39 is 34.4 Å². The van der Waals surface area contributed by atoms with Gasteiger partial charge in [0.2, 0.25) is 0 Å². The molecule has 0 aliphatic heterocycles. The van der Waals surface area contributed by atoms with Crippen molar-refractivity contribution in [2.45, 2.75) is 44.6 Å². The van der Waals surface area contributed by atoms with Crippen molar-refractivity contribution in [3.8, 4) is 5.75 Å². The Morgan fingerprint density at radius 1 is 1.35 bits per heavy atom. The molecule has 1 aromatic rings. The van der Waals surface area contributed by atoms with Gasteiger partial charge < -0.3 is 9.47 Å². The number of carbonyl (C=O) groups excluding carboxylic acids is 1. The van der Waals surface area contributed by atoms with Crippen LogP contribution in [0, 0.1) is 0 Å². The van der Waals surface area contributed by atoms with Crippen molar-refractivity contribution in [2.24, 2.45) is 0 Å². The van der Waals surface area contributed by atoms with Gasteiger partial charge in [-0.25, -0.2) is 8.93 Å². The predicted octanol–water partition coefficient (Wildman–Crippen LogP) is 2.94. The fourth-order valence-corrected chi connectivity index (χ4v) is 2.52. The minimum Gasteiger partial charge on any atom is -0.469 e. The molecule has 0 saturated carbocycles. The summed E-state index contributed by atoms with van der Waals surface area (Å²) in [5.74, 6) is -0.538. The largest absolute Gasteiger partial charge is 0.469 e. The van der Waals surface area contributed by atoms with E-state index >= 15 is 0 Å². The minimum absolute atomic E-state index is 0.0318. The highest BCUT2D eigenvalue weighted by Crippen LogP contribution is 2.25. The summed E-state index contributed by atoms with van der Waals surface area (Å²) < 4.78 is 48.2. The zero-order valence-electron chi connectivity index (χ0n) is 13.5. The lowest BCUT2D eigenvalue weighted by Crippen LogP contribution is -2.36. The van der Waals surface area contributed by atoms with Crippen LogP contribution >= 0.6 is 0 Å². The maximum Gasteiger partial charge on any atom is 0.387 e. The zero-order chi connectivity index (χ0) is 17.6. The van der Waals surface area contributed by atoms with Crippen LogP contribution in [0.5, 0.6) is 5.75 Å². The molecule has 0 fully saturated rings. The molecule has 0 spiro atoms. The molecule has 0 saturated heterocycles. The first kappa shape index (κ1) is 19.5. The summed E-state index contributed by atoms with van der Waals surface area (Å²) in [7, 11) is -0.204. The Labute approximate surface area is 136 Å². The maximum absolute atomic E-state index is 12.3. The van der Waals surface area contributed by atoms with Gasteiger partial charge in [0.25, 0.3) is 0 Å². The van der Waals surface area contributed by atoms with Gasteiger partial charge in [-0.15, -0.1) is 0 Å². The van der Waals surface area contributed by atoms with Gasteiger partial charge in [0.05, 0.1) is 35.3 Å². The van der Waals surface area contributed by atoms with Gasteiger partial charge in [0, 0.05) is 0 Å². The summed E-state index contributed by atoms with van der Waals surface area (Å²) in [5, 5.41) is 0. The van der Waals surface area contributed by atoms with Crippen LogP contribution in [0.15, 0.2) is 24.3 Å². The summed E-state index contributed by atoms with van der Waals surface area (Å²) in [6.45, 7) is 2.39. The van der Waals surface area contributed by atoms with E-state index in [1.54, 1.807) is 26.8 Å². The summed E-state index contributed by atoms with van der Waals surface area (Å²) in [6.07, 6.45) is -0.0869. The summed E-state index contributed by atoms with van der Waals surface area (Å²) in [6, 6.07) is 5.28. The van der Waals surface area contributed by atoms with Gasteiger partial charge in [-0.1, -0.05) is 12.1 Å². The molecule has 0 amide bonds. The first-order chi connectivity index (χ1) is 10.6. The molecule has 0 heterocycles. The molecule has 0 aromatic heterocycles. The highest BCUT2D eigenvalue weighted by Gasteiger charge is 2.25. The number of halogens is 2. The van der Waals surface area contributed by atoms with E-state index in [0.29, 0.717) is 5.56 Å². The quantitative estimate of drug-likeness (QED) is 0.769. The number of benzene rings is 1. The lowest BCUT2D eigenvalue weighted by molar-refractivity contribution is -0.141. The fraction of sp³-hybridized carbons (Fsp3) is 0.533. The van der Waals surface area contributed by atoms with E-state index in [0.717, 1.165) is 0 Å². The Kier molecular flexibility index (Phi) is 7.08. The molecular weight excluding hydrogens is 328 g/mol. The van der Waals surface area contributed by atoms with Crippen molar-refractivity contribution >= 4 is 17.0 Å². The van der Waals surface area contributed by atoms with Crippen molar-refractivity contribution in [3.63, 3.8) is 0 Å². The van der Waals surface area contributed by atoms with Crippen molar-refractivity contribution in [1.29, 1.82) is 0 Å². The fourth-order valence-electron chi connectivity index (χ4n) is 1.69. The maximum atomic E-state index is 12.3. The average molecular weight is 349 g/mol. The molecule has 0 radical (unpaired) electrons. The second kappa shape index (κ2) is 8.35. The van der Waals surface area contributed by atoms with Gasteiger partial charge in [-0.05, 0) is 38.5 Å². The molecular formula is C15H21F2NO4S. The summed E-state index contributed by atoms with van der Waals surface area (Å²) >= 11 is 0. The lowest BCUT2D eigenvalue weighted by atomic mass is 10.0. The lowest BCUT2D eigenvalue weighted by Gasteiger charge is -2.24. The number of hydrogen-bond acceptors (Lipinski definition) is 4. The van der Waals surface area contributed by atoms with E-state index in [9.17, 15) is 17.8 Å². The van der Waals surface area contributed by atoms with Crippen LogP contribution in [0.3, 0.4) is 0 Å². The monoisotopic (exact) mass is 349 g/mol. The Hall–Kier alpha value is -1.54. The van der Waals surface area contributed by atoms with Crippen molar-refractivity contribution in [3.05, 3.63) is 29.8 Å². The number of alkyl halides is 2. The van der Waals surface area contributed by atoms with Crippen molar-refractivity contribution in [2.75, 3.05) is 7.11 Å². The first-order valence-corrected chi connectivity index (χ1v) is 8.08. The molecule has 1 N–H and O–H groups in total. The van der Waals surface area contributed by atoms with Crippen molar-refractivity contribution < 1.29 is 27.3 Å². The van der Waals surface area contributed by atoms with Crippen LogP contribution in [0.4, 0.5) is 8.78 Å². The second-order valence-electron chi connectivity index (χ2n) is 5.78. The number of esters is 1. The molecule has 0 bridgehead atoms. The number of ether oxygens (including phenoxy) is 2. The summed E-state index contributed by atoms with van der Waals surface area (Å²) in [4.78, 5) is 11.6. The predicted molar refractivity (Wildman–Crippen MR) is 83.5 cm³/mol. The van der Waals surface area contributed by atoms with Crippen LogP contribution in [0.2, 0.25) is 0 Å². The van der Waals surface area contributed by atoms with Crippen LogP contribution in [0.25, 0.3) is 0 Å². The molecule has 2 atom stereocenters. The Bertz CT molecular complexity index is 561. The van der Waals surface area contributed by atoms with E-state index in [-0.39, 0.29) is 12.2 Å². The minimum atomic E-state index is -2.94. The van der Waals surface area contributed by atoms with E-state index in [4.69, 9.17) is 0 Å². The number of nitrogens with one attached hydrogen (secondary N) is 1. The first-order valence-electron chi connectivity index (χ1n) is 6.93. The van der Waals surface area contributed by atoms with Gasteiger partial charge in [0.1, 0.15) is 5.75 Å². The number of rotatable bonds is 7. The van der Waals surface area contributed by atoms with Crippen LogP contribution in [-0.2, 0) is 20.5 Å². The molecule has 0 aliphatic rings. The van der Waals surface area contributed by atoms with Crippen LogP contribution in [-0.4, -0.2) is 28.6 Å². The third-order valence-corrected chi connectivity index (χ3v) is 4.50. The SMILES string of the molecule is COC(=O)C[C@H](NS(=O)C(C)(C)C)c1cccc(OC(F)F)c1. The molecule has 1 aromatic carbocycles. The number of carbonyl (C=O) groups is 1. The smallest absolute Gasteiger partial charge is 0.387 e. The zero-order valence-corrected chi connectivity index (χ0v) is 14.3. The molecule has 1 unspecified atom stereocenters. The Balaban J connectivity index is 3.03. The second-order valence-corrected chi connectivity index (χ2v) is 7.78. The van der Waals surface area contributed by atoms with Crippen LogP contribution < -0.4 is 9.46 Å². The summed E-state index contributed by atoms with van der Waals surface area (Å²) in [5.41, 5.74) is 0.506. The third-order valence-electron chi connectivity index (χ3n) is 2.89. The molecule has 8 heteroatoms. The average Bonchev–Trinajstić information content (AvgIpc) is 2.44. The number of methoxy groups -OCH3 is 1. The molecule has 0 aliphatic carbocycles. The standard InChI is InChI=1S/C15H21F2NO4S/c1-15(2,3)23(20)18-12(9-13(19)21-4)10-6-5-7-11(8-10)22-14(16)17/h5-8,12,14,18H,9H2,1-4H3/t12-,23?/m0/s1. The van der Waals surface area contributed by atoms with E-state index in [2.05, 4.69) is 14.2 Å². The van der Waals surface area contributed by atoms with Gasteiger partial charge in [-0.2, -0.15) is 8.78 Å². The third kappa shape index (κ3) is 6.62. The molecule has 23 heavy (non-hydrogen) atoms. The molecule has 130 valence electrons. The Morgan fingerprint density at radius 2 is 2.00 bits per heavy atom. The van der Waals surface area contributed by atoms with E-state index in [1.165, 1.54) is 25.3 Å². The highest BCUT2D eigenvalue weighted by atomic mass is 32.2. The van der Waals surface area contributed by atoms with Gasteiger partial charge in [0.15, 0.2) is 0 Å². The topological polar surface area (TPSA) is 64.6 Å². The number of hydrogen-bond donors (Lipinski definition) is 1. The highest BCUT2D eigenvalue weighted by molar-refractivity contribution is 7.84. The van der Waals surface area contributed by atoms with Gasteiger partial charge in [-0.3, -0.25) is 4.79 Å². The molecule has 5 nitrogen and oxygen atoms in total. The normalized spacial score (nSPS) is 14.4. The van der Waals surface area contributed by atoms with Crippen molar-refractivity contribution in [1.82, 2.24) is 4.72 Å². The van der Waals surface area contributed by atoms with Gasteiger partial charge >= 0.3 is 12.6 Å². The van der Waals surface area contributed by atoms with Crippen LogP contribution in [0.1, 0.15) is 38.8 Å².